The molecule has 0 radical (unpaired) electrons. The summed E-state index contributed by atoms with van der Waals surface area (Å²) in [6.45, 7) is 1.36. The SMILES string of the molecule is Cn1cc(C(=O)N2CCCCC2)cc(NC(=O)c2ccccc2F)c1=O. The fraction of sp³-hybridized carbons (Fsp3) is 0.316. The van der Waals surface area contributed by atoms with Gasteiger partial charge in [0.25, 0.3) is 17.4 Å². The second-order valence-corrected chi connectivity index (χ2v) is 6.35. The first kappa shape index (κ1) is 17.8. The van der Waals surface area contributed by atoms with Gasteiger partial charge in [-0.25, -0.2) is 4.39 Å². The zero-order valence-electron chi connectivity index (χ0n) is 14.5. The van der Waals surface area contributed by atoms with Crippen LogP contribution in [-0.4, -0.2) is 34.4 Å². The minimum absolute atomic E-state index is 0.0522. The van der Waals surface area contributed by atoms with Gasteiger partial charge in [0, 0.05) is 26.3 Å². The highest BCUT2D eigenvalue weighted by atomic mass is 19.1. The van der Waals surface area contributed by atoms with Gasteiger partial charge in [-0.05, 0) is 37.5 Å². The predicted octanol–water partition coefficient (Wildman–Crippen LogP) is 2.40. The number of likely N-dealkylation sites (tertiary alicyclic amines) is 1. The molecular weight excluding hydrogens is 337 g/mol. The lowest BCUT2D eigenvalue weighted by Gasteiger charge is -2.27. The first-order valence-corrected chi connectivity index (χ1v) is 8.53. The van der Waals surface area contributed by atoms with E-state index in [-0.39, 0.29) is 17.2 Å². The number of piperidine rings is 1. The monoisotopic (exact) mass is 357 g/mol. The molecule has 1 aromatic heterocycles. The van der Waals surface area contributed by atoms with Gasteiger partial charge in [-0.15, -0.1) is 0 Å². The van der Waals surface area contributed by atoms with Gasteiger partial charge in [0.2, 0.25) is 0 Å². The van der Waals surface area contributed by atoms with E-state index in [1.807, 2.05) is 0 Å². The molecule has 1 fully saturated rings. The van der Waals surface area contributed by atoms with Crippen molar-refractivity contribution in [2.45, 2.75) is 19.3 Å². The lowest BCUT2D eigenvalue weighted by atomic mass is 10.1. The summed E-state index contributed by atoms with van der Waals surface area (Å²) in [5.74, 6) is -1.59. The summed E-state index contributed by atoms with van der Waals surface area (Å²) in [4.78, 5) is 39.0. The second kappa shape index (κ2) is 7.51. The number of hydrogen-bond acceptors (Lipinski definition) is 3. The number of rotatable bonds is 3. The molecule has 1 aliphatic rings. The number of amides is 2. The summed E-state index contributed by atoms with van der Waals surface area (Å²) in [7, 11) is 1.51. The zero-order valence-corrected chi connectivity index (χ0v) is 14.5. The quantitative estimate of drug-likeness (QED) is 0.917. The standard InChI is InChI=1S/C19H20FN3O3/c1-22-12-13(18(25)23-9-5-2-6-10-23)11-16(19(22)26)21-17(24)14-7-3-4-8-15(14)20/h3-4,7-8,11-12H,2,5-6,9-10H2,1H3,(H,21,24). The molecule has 26 heavy (non-hydrogen) atoms. The van der Waals surface area contributed by atoms with Crippen molar-refractivity contribution in [1.82, 2.24) is 9.47 Å². The van der Waals surface area contributed by atoms with Gasteiger partial charge in [-0.3, -0.25) is 14.4 Å². The second-order valence-electron chi connectivity index (χ2n) is 6.35. The normalized spacial score (nSPS) is 14.2. The number of carbonyl (C=O) groups excluding carboxylic acids is 2. The first-order valence-electron chi connectivity index (χ1n) is 8.53. The Balaban J connectivity index is 1.89. The van der Waals surface area contributed by atoms with Crippen LogP contribution < -0.4 is 10.9 Å². The Morgan fingerprint density at radius 1 is 1.12 bits per heavy atom. The molecule has 2 aromatic rings. The lowest BCUT2D eigenvalue weighted by Crippen LogP contribution is -2.36. The molecule has 3 rings (SSSR count). The topological polar surface area (TPSA) is 71.4 Å². The molecule has 2 amide bonds. The zero-order chi connectivity index (χ0) is 18.7. The van der Waals surface area contributed by atoms with Crippen LogP contribution in [0.25, 0.3) is 0 Å². The number of benzene rings is 1. The summed E-state index contributed by atoms with van der Waals surface area (Å²) in [6, 6.07) is 6.87. The smallest absolute Gasteiger partial charge is 0.274 e. The molecule has 2 heterocycles. The maximum absolute atomic E-state index is 13.8. The van der Waals surface area contributed by atoms with E-state index in [9.17, 15) is 18.8 Å². The molecule has 0 spiro atoms. The van der Waals surface area contributed by atoms with E-state index in [4.69, 9.17) is 0 Å². The van der Waals surface area contributed by atoms with Crippen LogP contribution in [0.1, 0.15) is 40.0 Å². The number of nitrogens with one attached hydrogen (secondary N) is 1. The molecule has 1 aliphatic heterocycles. The maximum Gasteiger partial charge on any atom is 0.274 e. The molecular formula is C19H20FN3O3. The molecule has 0 aliphatic carbocycles. The van der Waals surface area contributed by atoms with Crippen LogP contribution in [-0.2, 0) is 7.05 Å². The van der Waals surface area contributed by atoms with Crippen molar-refractivity contribution in [3.05, 3.63) is 63.8 Å². The number of pyridine rings is 1. The Morgan fingerprint density at radius 2 is 1.81 bits per heavy atom. The van der Waals surface area contributed by atoms with E-state index < -0.39 is 17.3 Å². The van der Waals surface area contributed by atoms with Crippen LogP contribution in [0.4, 0.5) is 10.1 Å². The molecule has 0 atom stereocenters. The summed E-state index contributed by atoms with van der Waals surface area (Å²) in [6.07, 6.45) is 4.46. The molecule has 1 N–H and O–H groups in total. The van der Waals surface area contributed by atoms with Crippen LogP contribution >= 0.6 is 0 Å². The van der Waals surface area contributed by atoms with Crippen molar-refractivity contribution < 1.29 is 14.0 Å². The van der Waals surface area contributed by atoms with Crippen molar-refractivity contribution in [3.8, 4) is 0 Å². The van der Waals surface area contributed by atoms with Crippen molar-refractivity contribution in [1.29, 1.82) is 0 Å². The molecule has 1 aromatic carbocycles. The number of hydrogen-bond donors (Lipinski definition) is 1. The van der Waals surface area contributed by atoms with Crippen molar-refractivity contribution in [2.75, 3.05) is 18.4 Å². The van der Waals surface area contributed by atoms with Gasteiger partial charge in [-0.1, -0.05) is 12.1 Å². The van der Waals surface area contributed by atoms with Gasteiger partial charge in [-0.2, -0.15) is 0 Å². The maximum atomic E-state index is 13.8. The average molecular weight is 357 g/mol. The van der Waals surface area contributed by atoms with E-state index >= 15 is 0 Å². The minimum Gasteiger partial charge on any atom is -0.339 e. The Morgan fingerprint density at radius 3 is 2.50 bits per heavy atom. The molecule has 1 saturated heterocycles. The number of aromatic nitrogens is 1. The number of nitrogens with zero attached hydrogens (tertiary/aromatic N) is 2. The predicted molar refractivity (Wildman–Crippen MR) is 95.8 cm³/mol. The Hall–Kier alpha value is -2.96. The molecule has 7 heteroatoms. The van der Waals surface area contributed by atoms with Crippen molar-refractivity contribution in [3.63, 3.8) is 0 Å². The summed E-state index contributed by atoms with van der Waals surface area (Å²) < 4.78 is 15.0. The van der Waals surface area contributed by atoms with Crippen LogP contribution in [0.2, 0.25) is 0 Å². The van der Waals surface area contributed by atoms with E-state index in [1.54, 1.807) is 4.90 Å². The fourth-order valence-corrected chi connectivity index (χ4v) is 3.03. The lowest BCUT2D eigenvalue weighted by molar-refractivity contribution is 0.0723. The number of halogens is 1. The van der Waals surface area contributed by atoms with Gasteiger partial charge in [0.1, 0.15) is 11.5 Å². The highest BCUT2D eigenvalue weighted by molar-refractivity contribution is 6.05. The summed E-state index contributed by atoms with van der Waals surface area (Å²) >= 11 is 0. The molecule has 0 bridgehead atoms. The third-order valence-electron chi connectivity index (χ3n) is 4.44. The van der Waals surface area contributed by atoms with Crippen LogP contribution in [0.5, 0.6) is 0 Å². The highest BCUT2D eigenvalue weighted by Gasteiger charge is 2.21. The van der Waals surface area contributed by atoms with Gasteiger partial charge >= 0.3 is 0 Å². The van der Waals surface area contributed by atoms with Gasteiger partial charge < -0.3 is 14.8 Å². The highest BCUT2D eigenvalue weighted by Crippen LogP contribution is 2.15. The van der Waals surface area contributed by atoms with Crippen molar-refractivity contribution >= 4 is 17.5 Å². The molecule has 6 nitrogen and oxygen atoms in total. The molecule has 0 saturated carbocycles. The number of aryl methyl sites for hydroxylation is 1. The minimum atomic E-state index is -0.734. The number of anilines is 1. The Labute approximate surface area is 150 Å². The number of carbonyl (C=O) groups is 2. The van der Waals surface area contributed by atoms with Gasteiger partial charge in [0.15, 0.2) is 0 Å². The molecule has 0 unspecified atom stereocenters. The van der Waals surface area contributed by atoms with Crippen molar-refractivity contribution in [2.24, 2.45) is 7.05 Å². The van der Waals surface area contributed by atoms with E-state index in [1.165, 1.54) is 48.1 Å². The van der Waals surface area contributed by atoms with E-state index in [2.05, 4.69) is 5.32 Å². The first-order chi connectivity index (χ1) is 12.5. The third kappa shape index (κ3) is 3.66. The Kier molecular flexibility index (Phi) is 5.16. The third-order valence-corrected chi connectivity index (χ3v) is 4.44. The molecule has 136 valence electrons. The average Bonchev–Trinajstić information content (AvgIpc) is 2.65. The largest absolute Gasteiger partial charge is 0.339 e. The van der Waals surface area contributed by atoms with Crippen LogP contribution in [0.3, 0.4) is 0 Å². The van der Waals surface area contributed by atoms with Crippen LogP contribution in [0.15, 0.2) is 41.3 Å². The summed E-state index contributed by atoms with van der Waals surface area (Å²) in [5, 5.41) is 2.42. The van der Waals surface area contributed by atoms with Crippen LogP contribution in [0, 0.1) is 5.82 Å². The fourth-order valence-electron chi connectivity index (χ4n) is 3.03. The van der Waals surface area contributed by atoms with Gasteiger partial charge in [0.05, 0.1) is 11.1 Å². The summed E-state index contributed by atoms with van der Waals surface area (Å²) in [5.41, 5.74) is -0.367. The van der Waals surface area contributed by atoms with E-state index in [0.717, 1.165) is 19.3 Å². The Bertz CT molecular complexity index is 901. The van der Waals surface area contributed by atoms with E-state index in [0.29, 0.717) is 18.7 Å².